The van der Waals surface area contributed by atoms with Crippen molar-refractivity contribution in [1.82, 2.24) is 10.2 Å². The van der Waals surface area contributed by atoms with E-state index in [9.17, 15) is 14.4 Å². The molecule has 9 heteroatoms. The van der Waals surface area contributed by atoms with Crippen molar-refractivity contribution in [2.75, 3.05) is 31.4 Å². The molecular formula is C25H30N4O5. The number of hydrogen-bond donors (Lipinski definition) is 3. The number of urea groups is 2. The van der Waals surface area contributed by atoms with Crippen LogP contribution < -0.4 is 20.7 Å². The fourth-order valence-electron chi connectivity index (χ4n) is 3.78. The molecule has 1 heterocycles. The van der Waals surface area contributed by atoms with Crippen LogP contribution in [0, 0.1) is 0 Å². The van der Waals surface area contributed by atoms with Gasteiger partial charge in [0, 0.05) is 17.9 Å². The summed E-state index contributed by atoms with van der Waals surface area (Å²) in [6.07, 6.45) is 1.74. The maximum Gasteiger partial charge on any atom is 0.337 e. The van der Waals surface area contributed by atoms with Crippen LogP contribution >= 0.6 is 0 Å². The zero-order valence-corrected chi connectivity index (χ0v) is 19.8. The van der Waals surface area contributed by atoms with E-state index in [4.69, 9.17) is 9.47 Å². The lowest BCUT2D eigenvalue weighted by Crippen LogP contribution is -2.48. The molecule has 180 valence electrons. The van der Waals surface area contributed by atoms with Gasteiger partial charge in [-0.2, -0.15) is 0 Å². The first-order chi connectivity index (χ1) is 16.4. The van der Waals surface area contributed by atoms with E-state index in [0.717, 1.165) is 12.8 Å². The van der Waals surface area contributed by atoms with E-state index in [2.05, 4.69) is 16.0 Å². The predicted molar refractivity (Wildman–Crippen MR) is 130 cm³/mol. The lowest BCUT2D eigenvalue weighted by molar-refractivity contribution is -0.136. The lowest BCUT2D eigenvalue weighted by Gasteiger charge is -2.35. The summed E-state index contributed by atoms with van der Waals surface area (Å²) < 4.78 is 10.2. The topological polar surface area (TPSA) is 109 Å². The second-order valence-electron chi connectivity index (χ2n) is 7.78. The van der Waals surface area contributed by atoms with Gasteiger partial charge < -0.3 is 25.4 Å². The molecule has 3 N–H and O–H groups in total. The fourth-order valence-corrected chi connectivity index (χ4v) is 3.78. The molecule has 2 aromatic carbocycles. The van der Waals surface area contributed by atoms with E-state index in [0.29, 0.717) is 40.5 Å². The summed E-state index contributed by atoms with van der Waals surface area (Å²) in [7, 11) is 2.85. The Morgan fingerprint density at radius 1 is 1.06 bits per heavy atom. The molecule has 0 fully saturated rings. The average Bonchev–Trinajstić information content (AvgIpc) is 2.84. The fraction of sp³-hybridized carbons (Fsp3) is 0.320. The summed E-state index contributed by atoms with van der Waals surface area (Å²) in [4.78, 5) is 39.3. The highest BCUT2D eigenvalue weighted by Crippen LogP contribution is 2.32. The molecule has 1 unspecified atom stereocenters. The standard InChI is InChI=1S/C25H30N4O5/c1-5-6-15-29-16(2)21(23(30)34-4)22(28-25(29)32)17-11-13-18(14-12-17)26-24(31)27-19-9-7-8-10-20(19)33-3/h7-14,22H,5-6,15H2,1-4H3,(H,28,32)(H2,26,27,31). The van der Waals surface area contributed by atoms with Gasteiger partial charge in [-0.1, -0.05) is 37.6 Å². The number of carbonyl (C=O) groups is 3. The number of hydrogen-bond acceptors (Lipinski definition) is 5. The highest BCUT2D eigenvalue weighted by Gasteiger charge is 2.35. The zero-order valence-electron chi connectivity index (χ0n) is 19.8. The number of nitrogens with zero attached hydrogens (tertiary/aromatic N) is 1. The Bertz CT molecular complexity index is 1080. The summed E-state index contributed by atoms with van der Waals surface area (Å²) in [5.41, 5.74) is 2.74. The molecule has 4 amide bonds. The summed E-state index contributed by atoms with van der Waals surface area (Å²) in [5.74, 6) is 0.0499. The summed E-state index contributed by atoms with van der Waals surface area (Å²) in [6, 6.07) is 12.7. The van der Waals surface area contributed by atoms with Crippen molar-refractivity contribution < 1.29 is 23.9 Å². The Labute approximate surface area is 199 Å². The third-order valence-electron chi connectivity index (χ3n) is 5.59. The van der Waals surface area contributed by atoms with Crippen molar-refractivity contribution in [3.63, 3.8) is 0 Å². The molecule has 34 heavy (non-hydrogen) atoms. The van der Waals surface area contributed by atoms with E-state index < -0.39 is 18.0 Å². The van der Waals surface area contributed by atoms with Gasteiger partial charge >= 0.3 is 18.0 Å². The normalized spacial score (nSPS) is 15.5. The van der Waals surface area contributed by atoms with Crippen molar-refractivity contribution >= 4 is 29.4 Å². The third-order valence-corrected chi connectivity index (χ3v) is 5.59. The predicted octanol–water partition coefficient (Wildman–Crippen LogP) is 4.65. The second kappa shape index (κ2) is 11.2. The first-order valence-corrected chi connectivity index (χ1v) is 11.1. The number of para-hydroxylation sites is 2. The van der Waals surface area contributed by atoms with Crippen LogP contribution in [0.15, 0.2) is 59.8 Å². The highest BCUT2D eigenvalue weighted by atomic mass is 16.5. The largest absolute Gasteiger partial charge is 0.495 e. The van der Waals surface area contributed by atoms with Gasteiger partial charge in [0.2, 0.25) is 0 Å². The van der Waals surface area contributed by atoms with Crippen LogP contribution in [-0.2, 0) is 9.53 Å². The summed E-state index contributed by atoms with van der Waals surface area (Å²) in [6.45, 7) is 4.31. The summed E-state index contributed by atoms with van der Waals surface area (Å²) in [5, 5.41) is 8.41. The van der Waals surface area contributed by atoms with Crippen LogP contribution in [0.2, 0.25) is 0 Å². The van der Waals surface area contributed by atoms with Gasteiger partial charge in [0.05, 0.1) is 31.5 Å². The highest BCUT2D eigenvalue weighted by molar-refractivity contribution is 6.00. The van der Waals surface area contributed by atoms with E-state index in [1.165, 1.54) is 14.2 Å². The molecular weight excluding hydrogens is 436 g/mol. The van der Waals surface area contributed by atoms with Crippen LogP contribution in [0.4, 0.5) is 21.0 Å². The van der Waals surface area contributed by atoms with Crippen LogP contribution in [0.3, 0.4) is 0 Å². The minimum Gasteiger partial charge on any atom is -0.495 e. The number of nitrogens with one attached hydrogen (secondary N) is 3. The molecule has 0 radical (unpaired) electrons. The number of rotatable bonds is 8. The molecule has 1 aliphatic heterocycles. The van der Waals surface area contributed by atoms with E-state index >= 15 is 0 Å². The molecule has 2 aromatic rings. The first kappa shape index (κ1) is 24.6. The number of allylic oxidation sites excluding steroid dienone is 1. The van der Waals surface area contributed by atoms with E-state index in [1.54, 1.807) is 54.3 Å². The number of methoxy groups -OCH3 is 2. The van der Waals surface area contributed by atoms with Gasteiger partial charge in [-0.15, -0.1) is 0 Å². The van der Waals surface area contributed by atoms with Crippen molar-refractivity contribution in [2.24, 2.45) is 0 Å². The number of benzene rings is 2. The quantitative estimate of drug-likeness (QED) is 0.491. The Morgan fingerprint density at radius 3 is 2.41 bits per heavy atom. The maximum atomic E-state index is 12.7. The minimum atomic E-state index is -0.658. The third kappa shape index (κ3) is 5.48. The maximum absolute atomic E-state index is 12.7. The number of amides is 4. The molecule has 1 atom stereocenters. The molecule has 1 aliphatic rings. The number of anilines is 2. The van der Waals surface area contributed by atoms with Crippen LogP contribution in [0.1, 0.15) is 38.3 Å². The SMILES string of the molecule is CCCCN1C(=O)NC(c2ccc(NC(=O)Nc3ccccc3OC)cc2)C(C(=O)OC)=C1C. The van der Waals surface area contributed by atoms with Gasteiger partial charge in [0.25, 0.3) is 0 Å². The number of carbonyl (C=O) groups excluding carboxylic acids is 3. The summed E-state index contributed by atoms with van der Waals surface area (Å²) >= 11 is 0. The van der Waals surface area contributed by atoms with Crippen LogP contribution in [-0.4, -0.2) is 43.7 Å². The molecule has 0 bridgehead atoms. The zero-order chi connectivity index (χ0) is 24.7. The average molecular weight is 467 g/mol. The Hall–Kier alpha value is -4.01. The van der Waals surface area contributed by atoms with Crippen LogP contribution in [0.25, 0.3) is 0 Å². The molecule has 3 rings (SSSR count). The smallest absolute Gasteiger partial charge is 0.337 e. The minimum absolute atomic E-state index is 0.262. The van der Waals surface area contributed by atoms with E-state index in [-0.39, 0.29) is 6.03 Å². The van der Waals surface area contributed by atoms with Crippen LogP contribution in [0.5, 0.6) is 5.75 Å². The Kier molecular flexibility index (Phi) is 8.13. The molecule has 0 saturated heterocycles. The monoisotopic (exact) mass is 466 g/mol. The van der Waals surface area contributed by atoms with Gasteiger partial charge in [-0.25, -0.2) is 14.4 Å². The second-order valence-corrected chi connectivity index (χ2v) is 7.78. The Balaban J connectivity index is 1.78. The van der Waals surface area contributed by atoms with Crippen molar-refractivity contribution in [2.45, 2.75) is 32.7 Å². The van der Waals surface area contributed by atoms with Gasteiger partial charge in [0.1, 0.15) is 5.75 Å². The molecule has 9 nitrogen and oxygen atoms in total. The molecule has 0 spiro atoms. The van der Waals surface area contributed by atoms with E-state index in [1.807, 2.05) is 13.0 Å². The lowest BCUT2D eigenvalue weighted by atomic mass is 9.94. The van der Waals surface area contributed by atoms with Crippen molar-refractivity contribution in [3.05, 3.63) is 65.4 Å². The number of ether oxygens (including phenoxy) is 2. The Morgan fingerprint density at radius 2 is 1.76 bits per heavy atom. The van der Waals surface area contributed by atoms with Crippen molar-refractivity contribution in [1.29, 1.82) is 0 Å². The van der Waals surface area contributed by atoms with Crippen molar-refractivity contribution in [3.8, 4) is 5.75 Å². The number of unbranched alkanes of at least 4 members (excludes halogenated alkanes) is 1. The molecule has 0 aromatic heterocycles. The van der Waals surface area contributed by atoms with Gasteiger partial charge in [0.15, 0.2) is 0 Å². The number of esters is 1. The van der Waals surface area contributed by atoms with Gasteiger partial charge in [-0.05, 0) is 43.2 Å². The molecule has 0 aliphatic carbocycles. The van der Waals surface area contributed by atoms with Gasteiger partial charge in [-0.3, -0.25) is 4.90 Å². The molecule has 0 saturated carbocycles. The first-order valence-electron chi connectivity index (χ1n) is 11.1.